The van der Waals surface area contributed by atoms with E-state index in [0.717, 1.165) is 10.6 Å². The van der Waals surface area contributed by atoms with Gasteiger partial charge in [0, 0.05) is 10.6 Å². The van der Waals surface area contributed by atoms with Crippen LogP contribution in [0.1, 0.15) is 5.56 Å². The van der Waals surface area contributed by atoms with Crippen molar-refractivity contribution in [3.63, 3.8) is 0 Å². The lowest BCUT2D eigenvalue weighted by Crippen LogP contribution is -1.70. The smallest absolute Gasteiger partial charge is 0.0406 e. The number of hydrogen-bond donors (Lipinski definition) is 1. The summed E-state index contributed by atoms with van der Waals surface area (Å²) in [5.41, 5.74) is 0.930. The third kappa shape index (κ3) is 1.98. The van der Waals surface area contributed by atoms with E-state index in [1.54, 1.807) is 12.1 Å². The molecule has 2 heteroatoms. The van der Waals surface area contributed by atoms with Crippen LogP contribution in [-0.4, -0.2) is 0 Å². The molecule has 0 radical (unpaired) electrons. The van der Waals surface area contributed by atoms with Crippen LogP contribution in [0.4, 0.5) is 0 Å². The number of thiol groups is 1. The van der Waals surface area contributed by atoms with Gasteiger partial charge in [-0.05, 0) is 29.5 Å². The molecule has 0 saturated heterocycles. The zero-order valence-corrected chi connectivity index (χ0v) is 6.78. The second-order valence-corrected chi connectivity index (χ2v) is 2.40. The third-order valence-electron chi connectivity index (χ3n) is 1.04. The fourth-order valence-electron chi connectivity index (χ4n) is 0.598. The number of rotatable bonds is 0. The normalized spacial score (nSPS) is 8.20. The number of benzene rings is 1. The van der Waals surface area contributed by atoms with Crippen LogP contribution in [0, 0.1) is 11.2 Å². The van der Waals surface area contributed by atoms with Crippen LogP contribution in [0.2, 0.25) is 5.02 Å². The van der Waals surface area contributed by atoms with E-state index in [2.05, 4.69) is 23.8 Å². The molecule has 0 spiro atoms. The van der Waals surface area contributed by atoms with Gasteiger partial charge in [-0.1, -0.05) is 30.2 Å². The topological polar surface area (TPSA) is 0 Å². The molecular weight excluding hydrogens is 164 g/mol. The number of hydrogen-bond acceptors (Lipinski definition) is 1. The van der Waals surface area contributed by atoms with Gasteiger partial charge in [0.2, 0.25) is 0 Å². The molecule has 1 aromatic rings. The summed E-state index contributed by atoms with van der Waals surface area (Å²) in [4.78, 5) is 0. The quantitative estimate of drug-likeness (QED) is 0.447. The molecule has 0 atom stereocenters. The first-order valence-corrected chi connectivity index (χ1v) is 3.56. The van der Waals surface area contributed by atoms with Crippen LogP contribution in [0.25, 0.3) is 0 Å². The van der Waals surface area contributed by atoms with Crippen LogP contribution in [0.3, 0.4) is 0 Å². The summed E-state index contributed by atoms with van der Waals surface area (Å²) in [6.45, 7) is 0. The summed E-state index contributed by atoms with van der Waals surface area (Å²) < 4.78 is 0. The van der Waals surface area contributed by atoms with Crippen molar-refractivity contribution in [2.24, 2.45) is 0 Å². The van der Waals surface area contributed by atoms with E-state index < -0.39 is 0 Å². The summed E-state index contributed by atoms with van der Waals surface area (Å²) in [6, 6.07) is 7.31. The Morgan fingerprint density at radius 1 is 1.20 bits per heavy atom. The van der Waals surface area contributed by atoms with Gasteiger partial charge in [0.1, 0.15) is 0 Å². The van der Waals surface area contributed by atoms with Gasteiger partial charge in [-0.15, -0.1) is 0 Å². The number of halogens is 1. The lowest BCUT2D eigenvalue weighted by Gasteiger charge is -1.88. The Balaban J connectivity index is 2.97. The molecule has 0 fully saturated rings. The lowest BCUT2D eigenvalue weighted by molar-refractivity contribution is 1.65. The Morgan fingerprint density at radius 2 is 1.80 bits per heavy atom. The van der Waals surface area contributed by atoms with Gasteiger partial charge in [-0.25, -0.2) is 0 Å². The molecule has 0 N–H and O–H groups in total. The van der Waals surface area contributed by atoms with Crippen molar-refractivity contribution in [3.05, 3.63) is 34.9 Å². The molecule has 1 rings (SSSR count). The van der Waals surface area contributed by atoms with Crippen LogP contribution in [0.5, 0.6) is 0 Å². The minimum Gasteiger partial charge on any atom is -0.0918 e. The third-order valence-corrected chi connectivity index (χ3v) is 1.41. The van der Waals surface area contributed by atoms with E-state index in [9.17, 15) is 0 Å². The largest absolute Gasteiger partial charge is 0.0918 e. The predicted molar refractivity (Wildman–Crippen MR) is 47.3 cm³/mol. The van der Waals surface area contributed by atoms with E-state index in [-0.39, 0.29) is 0 Å². The van der Waals surface area contributed by atoms with Crippen molar-refractivity contribution >= 4 is 24.2 Å². The predicted octanol–water partition coefficient (Wildman–Crippen LogP) is 2.58. The van der Waals surface area contributed by atoms with Gasteiger partial charge >= 0.3 is 0 Å². The lowest BCUT2D eigenvalue weighted by atomic mass is 10.2. The Labute approximate surface area is 70.6 Å². The summed E-state index contributed by atoms with van der Waals surface area (Å²) in [7, 11) is 0. The van der Waals surface area contributed by atoms with Crippen molar-refractivity contribution in [1.29, 1.82) is 0 Å². The van der Waals surface area contributed by atoms with E-state index in [1.165, 1.54) is 0 Å². The van der Waals surface area contributed by atoms with Gasteiger partial charge in [0.15, 0.2) is 0 Å². The van der Waals surface area contributed by atoms with E-state index >= 15 is 0 Å². The minimum absolute atomic E-state index is 0.727. The molecule has 0 aromatic heterocycles. The van der Waals surface area contributed by atoms with Crippen LogP contribution in [-0.2, 0) is 0 Å². The summed E-state index contributed by atoms with van der Waals surface area (Å²) in [5.74, 6) is 2.79. The molecule has 0 unspecified atom stereocenters. The van der Waals surface area contributed by atoms with Crippen molar-refractivity contribution < 1.29 is 0 Å². The molecule has 0 nitrogen and oxygen atoms in total. The first-order chi connectivity index (χ1) is 4.83. The Kier molecular flexibility index (Phi) is 2.68. The molecule has 0 aliphatic rings. The molecule has 0 heterocycles. The SMILES string of the molecule is SC#Cc1ccc(Cl)cc1. The Morgan fingerprint density at radius 3 is 2.30 bits per heavy atom. The van der Waals surface area contributed by atoms with Crippen LogP contribution in [0.15, 0.2) is 24.3 Å². The van der Waals surface area contributed by atoms with Gasteiger partial charge in [0.05, 0.1) is 0 Å². The van der Waals surface area contributed by atoms with Crippen LogP contribution >= 0.6 is 24.2 Å². The molecule has 0 saturated carbocycles. The summed E-state index contributed by atoms with van der Waals surface area (Å²) >= 11 is 9.41. The van der Waals surface area contributed by atoms with Gasteiger partial charge in [-0.2, -0.15) is 0 Å². The van der Waals surface area contributed by atoms with E-state index in [1.807, 2.05) is 12.1 Å². The molecular formula is C8H5ClS. The van der Waals surface area contributed by atoms with Crippen molar-refractivity contribution in [2.75, 3.05) is 0 Å². The second-order valence-electron chi connectivity index (χ2n) is 1.74. The van der Waals surface area contributed by atoms with Gasteiger partial charge in [0.25, 0.3) is 0 Å². The Bertz CT molecular complexity index is 266. The second kappa shape index (κ2) is 3.55. The fraction of sp³-hybridized carbons (Fsp3) is 0. The summed E-state index contributed by atoms with van der Waals surface area (Å²) in [6.07, 6.45) is 0. The average molecular weight is 169 g/mol. The molecule has 0 aliphatic carbocycles. The van der Waals surface area contributed by atoms with Crippen molar-refractivity contribution in [1.82, 2.24) is 0 Å². The Hall–Kier alpha value is -0.580. The minimum atomic E-state index is 0.727. The van der Waals surface area contributed by atoms with Gasteiger partial charge in [-0.3, -0.25) is 0 Å². The molecule has 10 heavy (non-hydrogen) atoms. The highest BCUT2D eigenvalue weighted by Gasteiger charge is 1.85. The average Bonchev–Trinajstić information content (AvgIpc) is 1.95. The molecule has 0 amide bonds. The molecule has 0 aliphatic heterocycles. The fourth-order valence-corrected chi connectivity index (χ4v) is 0.853. The highest BCUT2D eigenvalue weighted by atomic mass is 35.5. The standard InChI is InChI=1S/C8H5ClS/c9-8-3-1-7(2-4-8)5-6-10/h1-4,10H. The maximum Gasteiger partial charge on any atom is 0.0406 e. The van der Waals surface area contributed by atoms with E-state index in [0.29, 0.717) is 0 Å². The maximum absolute atomic E-state index is 5.64. The van der Waals surface area contributed by atoms with Gasteiger partial charge < -0.3 is 0 Å². The highest BCUT2D eigenvalue weighted by Crippen LogP contribution is 2.08. The van der Waals surface area contributed by atoms with E-state index in [4.69, 9.17) is 11.6 Å². The van der Waals surface area contributed by atoms with Crippen molar-refractivity contribution in [2.45, 2.75) is 0 Å². The summed E-state index contributed by atoms with van der Waals surface area (Å²) in [5, 5.41) is 3.23. The molecule has 50 valence electrons. The molecule has 1 aromatic carbocycles. The van der Waals surface area contributed by atoms with Crippen molar-refractivity contribution in [3.8, 4) is 11.2 Å². The maximum atomic E-state index is 5.64. The highest BCUT2D eigenvalue weighted by molar-refractivity contribution is 7.85. The zero-order chi connectivity index (χ0) is 7.40. The van der Waals surface area contributed by atoms with Crippen LogP contribution < -0.4 is 0 Å². The first-order valence-electron chi connectivity index (χ1n) is 2.73. The molecule has 0 bridgehead atoms. The monoisotopic (exact) mass is 168 g/mol. The zero-order valence-electron chi connectivity index (χ0n) is 5.13. The first kappa shape index (κ1) is 7.53.